The average Bonchev–Trinajstić information content (AvgIpc) is 2.73. The Bertz CT molecular complexity index is 1140. The van der Waals surface area contributed by atoms with Gasteiger partial charge in [0.2, 0.25) is 0 Å². The number of carbonyl (C=O) groups is 2. The summed E-state index contributed by atoms with van der Waals surface area (Å²) in [7, 11) is 0. The van der Waals surface area contributed by atoms with Crippen molar-refractivity contribution in [1.29, 1.82) is 5.26 Å². The molecule has 0 aliphatic rings. The van der Waals surface area contributed by atoms with Gasteiger partial charge in [0, 0.05) is 22.5 Å². The lowest BCUT2D eigenvalue weighted by Crippen LogP contribution is -2.19. The van der Waals surface area contributed by atoms with E-state index in [4.69, 9.17) is 5.26 Å². The molecular formula is C25H23N3O2. The normalized spacial score (nSPS) is 10.7. The summed E-state index contributed by atoms with van der Waals surface area (Å²) < 4.78 is 0. The molecule has 3 aromatic rings. The van der Waals surface area contributed by atoms with Crippen LogP contribution in [0.15, 0.2) is 72.8 Å². The summed E-state index contributed by atoms with van der Waals surface area (Å²) in [4.78, 5) is 25.4. The smallest absolute Gasteiger partial charge is 0.255 e. The van der Waals surface area contributed by atoms with E-state index in [1.807, 2.05) is 30.3 Å². The molecule has 3 aromatic carbocycles. The second-order valence-electron chi connectivity index (χ2n) is 7.98. The van der Waals surface area contributed by atoms with Crippen LogP contribution in [-0.4, -0.2) is 11.8 Å². The molecule has 2 N–H and O–H groups in total. The third kappa shape index (κ3) is 4.92. The summed E-state index contributed by atoms with van der Waals surface area (Å²) in [6.07, 6.45) is 0. The standard InChI is InChI=1S/C25H23N3O2/c1-25(2,3)21-12-4-5-13-22(21)28-24(30)19-10-7-9-18(15-19)23(29)27-20-11-6-8-17(14-20)16-26/h4-15H,1-3H3,(H,27,29)(H,28,30). The maximum absolute atomic E-state index is 12.8. The molecule has 0 atom stereocenters. The predicted molar refractivity (Wildman–Crippen MR) is 119 cm³/mol. The zero-order valence-electron chi connectivity index (χ0n) is 17.2. The Morgan fingerprint density at radius 2 is 1.43 bits per heavy atom. The molecule has 0 aliphatic heterocycles. The van der Waals surface area contributed by atoms with E-state index in [0.29, 0.717) is 22.4 Å². The third-order valence-electron chi connectivity index (χ3n) is 4.62. The molecule has 0 bridgehead atoms. The van der Waals surface area contributed by atoms with Gasteiger partial charge in [0.05, 0.1) is 11.6 Å². The van der Waals surface area contributed by atoms with Crippen molar-refractivity contribution in [3.63, 3.8) is 0 Å². The largest absolute Gasteiger partial charge is 0.322 e. The van der Waals surface area contributed by atoms with Gasteiger partial charge in [-0.3, -0.25) is 9.59 Å². The van der Waals surface area contributed by atoms with Crippen molar-refractivity contribution < 1.29 is 9.59 Å². The highest BCUT2D eigenvalue weighted by Gasteiger charge is 2.19. The van der Waals surface area contributed by atoms with E-state index >= 15 is 0 Å². The second kappa shape index (κ2) is 8.62. The van der Waals surface area contributed by atoms with Gasteiger partial charge in [-0.25, -0.2) is 0 Å². The van der Waals surface area contributed by atoms with Crippen molar-refractivity contribution in [1.82, 2.24) is 0 Å². The number of para-hydroxylation sites is 1. The van der Waals surface area contributed by atoms with E-state index in [1.54, 1.807) is 48.5 Å². The van der Waals surface area contributed by atoms with Gasteiger partial charge in [-0.1, -0.05) is 51.1 Å². The van der Waals surface area contributed by atoms with Crippen molar-refractivity contribution in [2.45, 2.75) is 26.2 Å². The fourth-order valence-corrected chi connectivity index (χ4v) is 3.11. The lowest BCUT2D eigenvalue weighted by molar-refractivity contribution is 0.102. The Morgan fingerprint density at radius 1 is 0.800 bits per heavy atom. The number of hydrogen-bond donors (Lipinski definition) is 2. The van der Waals surface area contributed by atoms with Crippen molar-refractivity contribution in [3.8, 4) is 6.07 Å². The van der Waals surface area contributed by atoms with Crippen molar-refractivity contribution in [3.05, 3.63) is 95.1 Å². The molecule has 0 heterocycles. The molecule has 0 fully saturated rings. The highest BCUT2D eigenvalue weighted by atomic mass is 16.2. The Hall–Kier alpha value is -3.91. The SMILES string of the molecule is CC(C)(C)c1ccccc1NC(=O)c1cccc(C(=O)Nc2cccc(C#N)c2)c1. The predicted octanol–water partition coefficient (Wildman–Crippen LogP) is 5.36. The first kappa shape index (κ1) is 20.8. The van der Waals surface area contributed by atoms with Crippen LogP contribution < -0.4 is 10.6 Å². The van der Waals surface area contributed by atoms with Crippen LogP contribution in [0.5, 0.6) is 0 Å². The maximum Gasteiger partial charge on any atom is 0.255 e. The molecule has 3 rings (SSSR count). The number of amides is 2. The molecule has 5 nitrogen and oxygen atoms in total. The minimum absolute atomic E-state index is 0.121. The molecular weight excluding hydrogens is 374 g/mol. The van der Waals surface area contributed by atoms with Crippen molar-refractivity contribution in [2.75, 3.05) is 10.6 Å². The van der Waals surface area contributed by atoms with Crippen LogP contribution in [-0.2, 0) is 5.41 Å². The number of carbonyl (C=O) groups excluding carboxylic acids is 2. The molecule has 0 aliphatic carbocycles. The van der Waals surface area contributed by atoms with Gasteiger partial charge in [-0.2, -0.15) is 5.26 Å². The Morgan fingerprint density at radius 3 is 2.10 bits per heavy atom. The fourth-order valence-electron chi connectivity index (χ4n) is 3.11. The summed E-state index contributed by atoms with van der Waals surface area (Å²) in [5.41, 5.74) is 3.38. The van der Waals surface area contributed by atoms with Gasteiger partial charge in [0.25, 0.3) is 11.8 Å². The summed E-state index contributed by atoms with van der Waals surface area (Å²) in [5, 5.41) is 14.7. The zero-order valence-corrected chi connectivity index (χ0v) is 17.2. The van der Waals surface area contributed by atoms with Crippen molar-refractivity contribution in [2.24, 2.45) is 0 Å². The number of nitrogens with zero attached hydrogens (tertiary/aromatic N) is 1. The van der Waals surface area contributed by atoms with Gasteiger partial charge in [-0.15, -0.1) is 0 Å². The summed E-state index contributed by atoms with van der Waals surface area (Å²) in [6, 6.07) is 22.9. The quantitative estimate of drug-likeness (QED) is 0.622. The van der Waals surface area contributed by atoms with Crippen molar-refractivity contribution >= 4 is 23.2 Å². The van der Waals surface area contributed by atoms with E-state index in [2.05, 4.69) is 31.4 Å². The molecule has 0 saturated carbocycles. The lowest BCUT2D eigenvalue weighted by Gasteiger charge is -2.23. The van der Waals surface area contributed by atoms with Gasteiger partial charge >= 0.3 is 0 Å². The lowest BCUT2D eigenvalue weighted by atomic mass is 9.86. The van der Waals surface area contributed by atoms with Crippen LogP contribution in [0.3, 0.4) is 0 Å². The van der Waals surface area contributed by atoms with Crippen LogP contribution in [0, 0.1) is 11.3 Å². The van der Waals surface area contributed by atoms with Crippen LogP contribution in [0.25, 0.3) is 0 Å². The van der Waals surface area contributed by atoms with Crippen LogP contribution in [0.4, 0.5) is 11.4 Å². The molecule has 0 aromatic heterocycles. The number of nitriles is 1. The maximum atomic E-state index is 12.8. The number of hydrogen-bond acceptors (Lipinski definition) is 3. The Balaban J connectivity index is 1.79. The van der Waals surface area contributed by atoms with Gasteiger partial charge < -0.3 is 10.6 Å². The molecule has 150 valence electrons. The first-order valence-corrected chi connectivity index (χ1v) is 9.60. The van der Waals surface area contributed by atoms with Gasteiger partial charge in [0.1, 0.15) is 0 Å². The molecule has 2 amide bonds. The first-order valence-electron chi connectivity index (χ1n) is 9.60. The third-order valence-corrected chi connectivity index (χ3v) is 4.62. The number of anilines is 2. The van der Waals surface area contributed by atoms with Crippen LogP contribution in [0.2, 0.25) is 0 Å². The number of nitrogens with one attached hydrogen (secondary N) is 2. The number of benzene rings is 3. The molecule has 0 unspecified atom stereocenters. The monoisotopic (exact) mass is 397 g/mol. The van der Waals surface area contributed by atoms with E-state index in [0.717, 1.165) is 11.3 Å². The molecule has 30 heavy (non-hydrogen) atoms. The summed E-state index contributed by atoms with van der Waals surface area (Å²) in [5.74, 6) is -0.636. The van der Waals surface area contributed by atoms with Gasteiger partial charge in [-0.05, 0) is 53.4 Å². The Kier molecular flexibility index (Phi) is 5.98. The Labute approximate surface area is 176 Å². The van der Waals surface area contributed by atoms with Crippen LogP contribution >= 0.6 is 0 Å². The van der Waals surface area contributed by atoms with E-state index in [9.17, 15) is 9.59 Å². The summed E-state index contributed by atoms with van der Waals surface area (Å²) in [6.45, 7) is 6.26. The number of rotatable bonds is 4. The minimum Gasteiger partial charge on any atom is -0.322 e. The highest BCUT2D eigenvalue weighted by Crippen LogP contribution is 2.29. The molecule has 0 radical (unpaired) electrons. The molecule has 0 saturated heterocycles. The van der Waals surface area contributed by atoms with Crippen LogP contribution in [0.1, 0.15) is 52.6 Å². The van der Waals surface area contributed by atoms with E-state index < -0.39 is 0 Å². The minimum atomic E-state index is -0.352. The fraction of sp³-hybridized carbons (Fsp3) is 0.160. The first-order chi connectivity index (χ1) is 14.3. The average molecular weight is 397 g/mol. The molecule has 0 spiro atoms. The van der Waals surface area contributed by atoms with E-state index in [1.165, 1.54) is 0 Å². The molecule has 5 heteroatoms. The van der Waals surface area contributed by atoms with E-state index in [-0.39, 0.29) is 17.2 Å². The second-order valence-corrected chi connectivity index (χ2v) is 7.98. The summed E-state index contributed by atoms with van der Waals surface area (Å²) >= 11 is 0. The zero-order chi connectivity index (χ0) is 21.7. The van der Waals surface area contributed by atoms with Gasteiger partial charge in [0.15, 0.2) is 0 Å². The topological polar surface area (TPSA) is 82.0 Å². The highest BCUT2D eigenvalue weighted by molar-refractivity contribution is 6.09.